The third-order valence-electron chi connectivity index (χ3n) is 5.80. The van der Waals surface area contributed by atoms with E-state index in [1.54, 1.807) is 0 Å². The highest BCUT2D eigenvalue weighted by Crippen LogP contribution is 2.49. The molecule has 1 aromatic carbocycles. The Balaban J connectivity index is 1.43. The van der Waals surface area contributed by atoms with Gasteiger partial charge in [0.1, 0.15) is 0 Å². The molecule has 0 spiro atoms. The standard InChI is InChI=1S/C20H31BrN4/c1-22-19(23-12-7-16-8-13-25(2)14-9-16)24-15-20(10-11-20)17-5-3-4-6-18(17)21/h3-6,16H,7-15H2,1-2H3,(H2,22,23,24). The number of rotatable bonds is 6. The van der Waals surface area contributed by atoms with E-state index in [0.29, 0.717) is 0 Å². The molecule has 1 aliphatic heterocycles. The van der Waals surface area contributed by atoms with E-state index >= 15 is 0 Å². The van der Waals surface area contributed by atoms with Gasteiger partial charge in [0.25, 0.3) is 0 Å². The lowest BCUT2D eigenvalue weighted by molar-refractivity contribution is 0.213. The number of aliphatic imine (C=N–C) groups is 1. The van der Waals surface area contributed by atoms with Crippen molar-refractivity contribution < 1.29 is 0 Å². The minimum Gasteiger partial charge on any atom is -0.356 e. The molecular weight excluding hydrogens is 376 g/mol. The number of likely N-dealkylation sites (tertiary alicyclic amines) is 1. The summed E-state index contributed by atoms with van der Waals surface area (Å²) >= 11 is 3.71. The van der Waals surface area contributed by atoms with Gasteiger partial charge in [-0.25, -0.2) is 0 Å². The molecule has 0 unspecified atom stereocenters. The first-order valence-electron chi connectivity index (χ1n) is 9.51. The Labute approximate surface area is 160 Å². The summed E-state index contributed by atoms with van der Waals surface area (Å²) in [4.78, 5) is 6.84. The van der Waals surface area contributed by atoms with E-state index in [4.69, 9.17) is 0 Å². The summed E-state index contributed by atoms with van der Waals surface area (Å²) < 4.78 is 1.22. The van der Waals surface area contributed by atoms with E-state index in [1.807, 2.05) is 7.05 Å². The van der Waals surface area contributed by atoms with Crippen molar-refractivity contribution in [2.24, 2.45) is 10.9 Å². The molecule has 2 fully saturated rings. The Morgan fingerprint density at radius 1 is 1.24 bits per heavy atom. The first-order chi connectivity index (χ1) is 12.1. The van der Waals surface area contributed by atoms with Crippen LogP contribution in [0, 0.1) is 5.92 Å². The smallest absolute Gasteiger partial charge is 0.191 e. The molecule has 1 aliphatic carbocycles. The molecular formula is C20H31BrN4. The topological polar surface area (TPSA) is 39.7 Å². The van der Waals surface area contributed by atoms with Crippen LogP contribution in [0.3, 0.4) is 0 Å². The van der Waals surface area contributed by atoms with Crippen LogP contribution in [0.5, 0.6) is 0 Å². The molecule has 0 aromatic heterocycles. The molecule has 1 saturated heterocycles. The van der Waals surface area contributed by atoms with Crippen molar-refractivity contribution >= 4 is 21.9 Å². The van der Waals surface area contributed by atoms with Crippen molar-refractivity contribution in [2.75, 3.05) is 40.3 Å². The van der Waals surface area contributed by atoms with E-state index < -0.39 is 0 Å². The first kappa shape index (κ1) is 18.7. The maximum Gasteiger partial charge on any atom is 0.191 e. The fourth-order valence-corrected chi connectivity index (χ4v) is 4.51. The van der Waals surface area contributed by atoms with Gasteiger partial charge in [0, 0.05) is 30.0 Å². The fourth-order valence-electron chi connectivity index (χ4n) is 3.80. The van der Waals surface area contributed by atoms with Gasteiger partial charge in [-0.15, -0.1) is 0 Å². The molecule has 5 heteroatoms. The molecule has 0 bridgehead atoms. The van der Waals surface area contributed by atoms with Crippen LogP contribution in [0.4, 0.5) is 0 Å². The summed E-state index contributed by atoms with van der Waals surface area (Å²) in [5.74, 6) is 1.79. The van der Waals surface area contributed by atoms with Crippen molar-refractivity contribution in [3.63, 3.8) is 0 Å². The highest BCUT2D eigenvalue weighted by atomic mass is 79.9. The summed E-state index contributed by atoms with van der Waals surface area (Å²) in [5, 5.41) is 7.06. The van der Waals surface area contributed by atoms with Crippen molar-refractivity contribution in [3.05, 3.63) is 34.3 Å². The Morgan fingerprint density at radius 3 is 2.60 bits per heavy atom. The minimum absolute atomic E-state index is 0.270. The SMILES string of the molecule is CN=C(NCCC1CCN(C)CC1)NCC1(c2ccccc2Br)CC1. The Bertz CT molecular complexity index is 589. The van der Waals surface area contributed by atoms with Crippen LogP contribution in [0.15, 0.2) is 33.7 Å². The molecule has 3 rings (SSSR count). The number of hydrogen-bond donors (Lipinski definition) is 2. The molecule has 1 heterocycles. The van der Waals surface area contributed by atoms with Gasteiger partial charge in [-0.05, 0) is 69.8 Å². The molecule has 0 amide bonds. The monoisotopic (exact) mass is 406 g/mol. The lowest BCUT2D eigenvalue weighted by Crippen LogP contribution is -2.42. The zero-order valence-electron chi connectivity index (χ0n) is 15.5. The van der Waals surface area contributed by atoms with Crippen LogP contribution in [0.1, 0.15) is 37.7 Å². The summed E-state index contributed by atoms with van der Waals surface area (Å²) in [5.41, 5.74) is 1.69. The molecule has 0 radical (unpaired) electrons. The predicted octanol–water partition coefficient (Wildman–Crippen LogP) is 3.38. The minimum atomic E-state index is 0.270. The normalized spacial score (nSPS) is 21.2. The first-order valence-corrected chi connectivity index (χ1v) is 10.3. The quantitative estimate of drug-likeness (QED) is 0.561. The highest BCUT2D eigenvalue weighted by Gasteiger charge is 2.45. The van der Waals surface area contributed by atoms with Crippen LogP contribution >= 0.6 is 15.9 Å². The molecule has 1 saturated carbocycles. The number of benzene rings is 1. The van der Waals surface area contributed by atoms with Crippen LogP contribution in [0.25, 0.3) is 0 Å². The lowest BCUT2D eigenvalue weighted by Gasteiger charge is -2.29. The van der Waals surface area contributed by atoms with Gasteiger partial charge in [-0.1, -0.05) is 34.1 Å². The van der Waals surface area contributed by atoms with E-state index in [9.17, 15) is 0 Å². The maximum absolute atomic E-state index is 4.40. The predicted molar refractivity (Wildman–Crippen MR) is 109 cm³/mol. The zero-order chi connectivity index (χ0) is 17.7. The van der Waals surface area contributed by atoms with E-state index in [-0.39, 0.29) is 5.41 Å². The third-order valence-corrected chi connectivity index (χ3v) is 6.49. The number of nitrogens with zero attached hydrogens (tertiary/aromatic N) is 2. The Kier molecular flexibility index (Phi) is 6.39. The van der Waals surface area contributed by atoms with Gasteiger partial charge < -0.3 is 15.5 Å². The fraction of sp³-hybridized carbons (Fsp3) is 0.650. The molecule has 138 valence electrons. The zero-order valence-corrected chi connectivity index (χ0v) is 17.1. The summed E-state index contributed by atoms with van der Waals surface area (Å²) in [7, 11) is 4.09. The van der Waals surface area contributed by atoms with Crippen LogP contribution < -0.4 is 10.6 Å². The highest BCUT2D eigenvalue weighted by molar-refractivity contribution is 9.10. The van der Waals surface area contributed by atoms with Crippen molar-refractivity contribution in [1.29, 1.82) is 0 Å². The third kappa shape index (κ3) is 4.98. The van der Waals surface area contributed by atoms with Crippen molar-refractivity contribution in [2.45, 2.75) is 37.5 Å². The van der Waals surface area contributed by atoms with Crippen molar-refractivity contribution in [1.82, 2.24) is 15.5 Å². The van der Waals surface area contributed by atoms with Crippen LogP contribution in [0.2, 0.25) is 0 Å². The number of hydrogen-bond acceptors (Lipinski definition) is 2. The number of halogens is 1. The average Bonchev–Trinajstić information content (AvgIpc) is 3.41. The van der Waals surface area contributed by atoms with Crippen molar-refractivity contribution in [3.8, 4) is 0 Å². The van der Waals surface area contributed by atoms with Gasteiger partial charge in [0.05, 0.1) is 0 Å². The average molecular weight is 407 g/mol. The van der Waals surface area contributed by atoms with Gasteiger partial charge in [-0.2, -0.15) is 0 Å². The number of piperidine rings is 1. The molecule has 25 heavy (non-hydrogen) atoms. The van der Waals surface area contributed by atoms with E-state index in [2.05, 4.69) is 67.8 Å². The van der Waals surface area contributed by atoms with Gasteiger partial charge >= 0.3 is 0 Å². The Hall–Kier alpha value is -1.07. The Morgan fingerprint density at radius 2 is 1.96 bits per heavy atom. The summed E-state index contributed by atoms with van der Waals surface area (Å²) in [6.45, 7) is 4.44. The molecule has 2 aliphatic rings. The molecule has 4 nitrogen and oxygen atoms in total. The van der Waals surface area contributed by atoms with Gasteiger partial charge in [-0.3, -0.25) is 4.99 Å². The summed E-state index contributed by atoms with van der Waals surface area (Å²) in [6.07, 6.45) is 6.39. The maximum atomic E-state index is 4.40. The van der Waals surface area contributed by atoms with Gasteiger partial charge in [0.2, 0.25) is 0 Å². The van der Waals surface area contributed by atoms with Crippen LogP contribution in [-0.4, -0.2) is 51.1 Å². The second-order valence-corrected chi connectivity index (χ2v) is 8.50. The molecule has 2 N–H and O–H groups in total. The largest absolute Gasteiger partial charge is 0.356 e. The lowest BCUT2D eigenvalue weighted by atomic mass is 9.94. The second kappa shape index (κ2) is 8.54. The van der Waals surface area contributed by atoms with E-state index in [0.717, 1.165) is 25.0 Å². The van der Waals surface area contributed by atoms with E-state index in [1.165, 1.54) is 55.2 Å². The summed E-state index contributed by atoms with van der Waals surface area (Å²) in [6, 6.07) is 8.61. The second-order valence-electron chi connectivity index (χ2n) is 7.65. The number of nitrogens with one attached hydrogen (secondary N) is 2. The number of guanidine groups is 1. The molecule has 0 atom stereocenters. The van der Waals surface area contributed by atoms with Gasteiger partial charge in [0.15, 0.2) is 5.96 Å². The van der Waals surface area contributed by atoms with Crippen LogP contribution in [-0.2, 0) is 5.41 Å². The molecule has 1 aromatic rings.